The van der Waals surface area contributed by atoms with Gasteiger partial charge in [-0.15, -0.1) is 0 Å². The standard InChI is InChI=1S/C27H25F5N2O2/c1-14(35)25-24-21(8-9-33-25)34-22(11-23(24)36)19-7-4-16(17-12-26(28,29)13-17)10-20(19)15-2-5-18(6-3-15)27(30,31)32/h4,7-11,15,17-18H,2-3,5-6,12-13H2,1H3,(H,34,36). The number of rotatable bonds is 4. The van der Waals surface area contributed by atoms with Gasteiger partial charge in [0.1, 0.15) is 5.69 Å². The Morgan fingerprint density at radius 3 is 2.33 bits per heavy atom. The second-order valence-electron chi connectivity index (χ2n) is 10.1. The molecule has 1 aromatic carbocycles. The summed E-state index contributed by atoms with van der Waals surface area (Å²) in [6.07, 6.45) is -2.67. The van der Waals surface area contributed by atoms with Gasteiger partial charge in [0.2, 0.25) is 5.92 Å². The number of fused-ring (bicyclic) bond motifs is 1. The SMILES string of the molecule is CC(=O)c1nccc2[nH]c(-c3ccc(C4CC(F)(F)C4)cc3C3CCC(C(F)(F)F)CC3)cc(=O)c12. The van der Waals surface area contributed by atoms with Crippen LogP contribution < -0.4 is 5.43 Å². The topological polar surface area (TPSA) is 62.8 Å². The molecular weight excluding hydrogens is 479 g/mol. The fourth-order valence-electron chi connectivity index (χ4n) is 5.66. The van der Waals surface area contributed by atoms with Crippen molar-refractivity contribution in [2.75, 3.05) is 0 Å². The van der Waals surface area contributed by atoms with Crippen LogP contribution in [0.2, 0.25) is 0 Å². The fraction of sp³-hybridized carbons (Fsp3) is 0.444. The van der Waals surface area contributed by atoms with E-state index in [1.807, 2.05) is 6.07 Å². The van der Waals surface area contributed by atoms with Gasteiger partial charge in [-0.1, -0.05) is 18.2 Å². The third kappa shape index (κ3) is 4.55. The minimum Gasteiger partial charge on any atom is -0.354 e. The number of ketones is 1. The molecule has 0 bridgehead atoms. The third-order valence-corrected chi connectivity index (χ3v) is 7.63. The van der Waals surface area contributed by atoms with E-state index in [4.69, 9.17) is 0 Å². The van der Waals surface area contributed by atoms with E-state index < -0.39 is 23.4 Å². The lowest BCUT2D eigenvalue weighted by Crippen LogP contribution is -2.33. The van der Waals surface area contributed by atoms with E-state index in [1.165, 1.54) is 19.2 Å². The summed E-state index contributed by atoms with van der Waals surface area (Å²) in [4.78, 5) is 32.2. The summed E-state index contributed by atoms with van der Waals surface area (Å²) in [5.74, 6) is -4.88. The molecule has 1 N–H and O–H groups in total. The van der Waals surface area contributed by atoms with Crippen LogP contribution in [0.4, 0.5) is 22.0 Å². The molecule has 5 rings (SSSR count). The van der Waals surface area contributed by atoms with Gasteiger partial charge >= 0.3 is 6.18 Å². The number of aromatic nitrogens is 2. The molecule has 2 aliphatic carbocycles. The zero-order chi connectivity index (χ0) is 25.8. The fourth-order valence-corrected chi connectivity index (χ4v) is 5.66. The summed E-state index contributed by atoms with van der Waals surface area (Å²) < 4.78 is 66.8. The molecule has 0 amide bonds. The highest BCUT2D eigenvalue weighted by atomic mass is 19.4. The molecule has 0 saturated heterocycles. The molecule has 36 heavy (non-hydrogen) atoms. The van der Waals surface area contributed by atoms with Crippen LogP contribution >= 0.6 is 0 Å². The Hall–Kier alpha value is -3.10. The van der Waals surface area contributed by atoms with Crippen LogP contribution in [0.25, 0.3) is 22.2 Å². The average molecular weight is 504 g/mol. The maximum Gasteiger partial charge on any atom is 0.391 e. The van der Waals surface area contributed by atoms with Crippen LogP contribution in [0.3, 0.4) is 0 Å². The lowest BCUT2D eigenvalue weighted by atomic mass is 9.73. The maximum absolute atomic E-state index is 13.5. The Kier molecular flexibility index (Phi) is 6.00. The van der Waals surface area contributed by atoms with Crippen LogP contribution in [0.15, 0.2) is 41.3 Å². The molecule has 2 heterocycles. The first-order valence-corrected chi connectivity index (χ1v) is 12.0. The van der Waals surface area contributed by atoms with E-state index in [9.17, 15) is 31.5 Å². The van der Waals surface area contributed by atoms with Gasteiger partial charge in [-0.05, 0) is 54.7 Å². The van der Waals surface area contributed by atoms with Crippen molar-refractivity contribution in [1.82, 2.24) is 9.97 Å². The number of hydrogen-bond acceptors (Lipinski definition) is 3. The molecule has 190 valence electrons. The third-order valence-electron chi connectivity index (χ3n) is 7.63. The second-order valence-corrected chi connectivity index (χ2v) is 10.1. The van der Waals surface area contributed by atoms with E-state index in [-0.39, 0.29) is 54.4 Å². The molecule has 0 spiro atoms. The Morgan fingerprint density at radius 2 is 1.72 bits per heavy atom. The normalized spacial score (nSPS) is 22.4. The summed E-state index contributed by atoms with van der Waals surface area (Å²) in [5.41, 5.74) is 2.71. The summed E-state index contributed by atoms with van der Waals surface area (Å²) in [5, 5.41) is 0.175. The van der Waals surface area contributed by atoms with Crippen molar-refractivity contribution >= 4 is 16.7 Å². The molecule has 3 aromatic rings. The molecule has 2 aromatic heterocycles. The molecular formula is C27H25F5N2O2. The number of carbonyl (C=O) groups is 1. The number of Topliss-reactive ketones (excluding diaryl/α,β-unsaturated/α-hetero) is 1. The first-order chi connectivity index (χ1) is 16.9. The van der Waals surface area contributed by atoms with Gasteiger partial charge in [0.25, 0.3) is 0 Å². The Balaban J connectivity index is 1.58. The van der Waals surface area contributed by atoms with E-state index in [0.717, 1.165) is 11.1 Å². The zero-order valence-corrected chi connectivity index (χ0v) is 19.6. The van der Waals surface area contributed by atoms with Gasteiger partial charge in [0.05, 0.1) is 16.8 Å². The molecule has 4 nitrogen and oxygen atoms in total. The summed E-state index contributed by atoms with van der Waals surface area (Å²) in [6, 6.07) is 8.32. The van der Waals surface area contributed by atoms with Crippen molar-refractivity contribution in [3.05, 3.63) is 63.6 Å². The average Bonchev–Trinajstić information content (AvgIpc) is 2.81. The molecule has 2 fully saturated rings. The van der Waals surface area contributed by atoms with E-state index in [2.05, 4.69) is 9.97 Å². The smallest absolute Gasteiger partial charge is 0.354 e. The summed E-state index contributed by atoms with van der Waals surface area (Å²) >= 11 is 0. The molecule has 0 aliphatic heterocycles. The van der Waals surface area contributed by atoms with Crippen molar-refractivity contribution < 1.29 is 26.7 Å². The highest BCUT2D eigenvalue weighted by Gasteiger charge is 2.46. The highest BCUT2D eigenvalue weighted by molar-refractivity contribution is 6.04. The van der Waals surface area contributed by atoms with E-state index in [0.29, 0.717) is 29.6 Å². The molecule has 0 unspecified atom stereocenters. The van der Waals surface area contributed by atoms with Crippen molar-refractivity contribution in [3.63, 3.8) is 0 Å². The maximum atomic E-state index is 13.5. The molecule has 0 atom stereocenters. The predicted molar refractivity (Wildman–Crippen MR) is 125 cm³/mol. The molecule has 9 heteroatoms. The lowest BCUT2D eigenvalue weighted by Gasteiger charge is -2.36. The largest absolute Gasteiger partial charge is 0.391 e. The highest BCUT2D eigenvalue weighted by Crippen LogP contribution is 2.50. The number of carbonyl (C=O) groups excluding carboxylic acids is 1. The number of hydrogen-bond donors (Lipinski definition) is 1. The first kappa shape index (κ1) is 24.6. The number of benzene rings is 1. The van der Waals surface area contributed by atoms with Crippen molar-refractivity contribution in [2.24, 2.45) is 5.92 Å². The minimum atomic E-state index is -4.24. The van der Waals surface area contributed by atoms with Crippen LogP contribution in [-0.2, 0) is 0 Å². The van der Waals surface area contributed by atoms with Crippen molar-refractivity contribution in [2.45, 2.75) is 69.4 Å². The zero-order valence-electron chi connectivity index (χ0n) is 19.6. The Morgan fingerprint density at radius 1 is 1.03 bits per heavy atom. The molecule has 0 radical (unpaired) electrons. The van der Waals surface area contributed by atoms with Crippen molar-refractivity contribution in [1.29, 1.82) is 0 Å². The number of aromatic amines is 1. The van der Waals surface area contributed by atoms with Gasteiger partial charge in [0, 0.05) is 43.3 Å². The number of nitrogens with zero attached hydrogens (tertiary/aromatic N) is 1. The van der Waals surface area contributed by atoms with E-state index >= 15 is 0 Å². The first-order valence-electron chi connectivity index (χ1n) is 12.0. The van der Waals surface area contributed by atoms with Crippen LogP contribution in [0, 0.1) is 5.92 Å². The quantitative estimate of drug-likeness (QED) is 0.303. The number of nitrogens with one attached hydrogen (secondary N) is 1. The summed E-state index contributed by atoms with van der Waals surface area (Å²) in [6.45, 7) is 1.33. The number of H-pyrrole nitrogens is 1. The Labute approximate surface area is 203 Å². The monoisotopic (exact) mass is 504 g/mol. The van der Waals surface area contributed by atoms with Crippen molar-refractivity contribution in [3.8, 4) is 11.3 Å². The molecule has 2 saturated carbocycles. The lowest BCUT2D eigenvalue weighted by molar-refractivity contribution is -0.182. The van der Waals surface area contributed by atoms with Crippen LogP contribution in [0.1, 0.15) is 78.9 Å². The van der Waals surface area contributed by atoms with Gasteiger partial charge in [-0.3, -0.25) is 14.6 Å². The Bertz CT molecular complexity index is 1380. The van der Waals surface area contributed by atoms with Crippen LogP contribution in [0.5, 0.6) is 0 Å². The van der Waals surface area contributed by atoms with E-state index in [1.54, 1.807) is 18.2 Å². The summed E-state index contributed by atoms with van der Waals surface area (Å²) in [7, 11) is 0. The minimum absolute atomic E-state index is 0.00121. The van der Waals surface area contributed by atoms with Gasteiger partial charge < -0.3 is 4.98 Å². The van der Waals surface area contributed by atoms with Crippen LogP contribution in [-0.4, -0.2) is 27.9 Å². The van der Waals surface area contributed by atoms with Gasteiger partial charge in [-0.2, -0.15) is 13.2 Å². The number of pyridine rings is 2. The van der Waals surface area contributed by atoms with Gasteiger partial charge in [0.15, 0.2) is 11.2 Å². The number of alkyl halides is 5. The predicted octanol–water partition coefficient (Wildman–Crippen LogP) is 7.14. The second kappa shape index (κ2) is 8.78. The molecule has 2 aliphatic rings. The van der Waals surface area contributed by atoms with Gasteiger partial charge in [-0.25, -0.2) is 8.78 Å². The number of halogens is 5.